The van der Waals surface area contributed by atoms with E-state index >= 15 is 0 Å². The van der Waals surface area contributed by atoms with Crippen LogP contribution in [0.25, 0.3) is 0 Å². The highest BCUT2D eigenvalue weighted by Crippen LogP contribution is 2.41. The van der Waals surface area contributed by atoms with E-state index in [4.69, 9.17) is 0 Å². The fraction of sp³-hybridized carbons (Fsp3) is 0.143. The third-order valence-corrected chi connectivity index (χ3v) is 3.72. The second-order valence-corrected chi connectivity index (χ2v) is 5.12. The van der Waals surface area contributed by atoms with Crippen LogP contribution in [0.2, 0.25) is 0 Å². The number of benzene rings is 2. The Bertz CT molecular complexity index is 580. The molecule has 1 aliphatic rings. The summed E-state index contributed by atoms with van der Waals surface area (Å²) >= 11 is 3.39. The van der Waals surface area contributed by atoms with E-state index in [0.717, 1.165) is 26.7 Å². The topological polar surface area (TPSA) is 40.5 Å². The van der Waals surface area contributed by atoms with Crippen molar-refractivity contribution < 1.29 is 10.2 Å². The second-order valence-electron chi connectivity index (χ2n) is 4.21. The van der Waals surface area contributed by atoms with Gasteiger partial charge in [-0.25, -0.2) is 0 Å². The quantitative estimate of drug-likeness (QED) is 0.783. The zero-order valence-corrected chi connectivity index (χ0v) is 10.6. The molecule has 2 N–H and O–H groups in total. The molecule has 0 aliphatic heterocycles. The van der Waals surface area contributed by atoms with Gasteiger partial charge in [-0.05, 0) is 34.4 Å². The first-order valence-corrected chi connectivity index (χ1v) is 6.22. The molecule has 0 radical (unpaired) electrons. The van der Waals surface area contributed by atoms with Crippen molar-refractivity contribution in [2.75, 3.05) is 0 Å². The largest absolute Gasteiger partial charge is 0.384 e. The first kappa shape index (κ1) is 11.0. The summed E-state index contributed by atoms with van der Waals surface area (Å²) < 4.78 is 0.905. The smallest absolute Gasteiger partial charge is 0.105 e. The van der Waals surface area contributed by atoms with Crippen molar-refractivity contribution in [1.82, 2.24) is 0 Å². The second kappa shape index (κ2) is 3.95. The maximum absolute atomic E-state index is 10.3. The maximum Gasteiger partial charge on any atom is 0.105 e. The zero-order chi connectivity index (χ0) is 12.0. The molecule has 3 rings (SSSR count). The molecule has 2 atom stereocenters. The number of halogens is 1. The molecule has 2 aromatic rings. The van der Waals surface area contributed by atoms with Gasteiger partial charge >= 0.3 is 0 Å². The number of aliphatic hydroxyl groups is 2. The Balaban J connectivity index is 2.25. The van der Waals surface area contributed by atoms with Gasteiger partial charge in [0.05, 0.1) is 0 Å². The molecule has 17 heavy (non-hydrogen) atoms. The molecule has 0 heterocycles. The Morgan fingerprint density at radius 2 is 1.29 bits per heavy atom. The number of aliphatic hydroxyl groups excluding tert-OH is 2. The van der Waals surface area contributed by atoms with Crippen LogP contribution < -0.4 is 0 Å². The summed E-state index contributed by atoms with van der Waals surface area (Å²) in [5, 5.41) is 20.6. The van der Waals surface area contributed by atoms with Gasteiger partial charge in [0.15, 0.2) is 0 Å². The van der Waals surface area contributed by atoms with E-state index in [1.54, 1.807) is 0 Å². The molecule has 0 bridgehead atoms. The zero-order valence-electron chi connectivity index (χ0n) is 8.97. The van der Waals surface area contributed by atoms with E-state index in [9.17, 15) is 10.2 Å². The Kier molecular flexibility index (Phi) is 2.54. The molecule has 0 saturated carbocycles. The van der Waals surface area contributed by atoms with Crippen molar-refractivity contribution in [3.63, 3.8) is 0 Å². The van der Waals surface area contributed by atoms with E-state index in [-0.39, 0.29) is 0 Å². The molecule has 2 aromatic carbocycles. The minimum absolute atomic E-state index is 0.655. The molecular weight excluding hydrogens is 280 g/mol. The van der Waals surface area contributed by atoms with Gasteiger partial charge in [-0.2, -0.15) is 0 Å². The molecule has 0 fully saturated rings. The van der Waals surface area contributed by atoms with E-state index < -0.39 is 12.2 Å². The molecule has 3 heteroatoms. The fourth-order valence-electron chi connectivity index (χ4n) is 2.38. The van der Waals surface area contributed by atoms with Crippen molar-refractivity contribution in [2.45, 2.75) is 12.2 Å². The predicted octanol–water partition coefficient (Wildman–Crippen LogP) is 2.93. The summed E-state index contributed by atoms with van der Waals surface area (Å²) in [6.07, 6.45) is -1.32. The third kappa shape index (κ3) is 1.62. The summed E-state index contributed by atoms with van der Waals surface area (Å²) in [7, 11) is 0. The average Bonchev–Trinajstić information content (AvgIpc) is 2.36. The van der Waals surface area contributed by atoms with Crippen LogP contribution in [0, 0.1) is 0 Å². The summed E-state index contributed by atoms with van der Waals surface area (Å²) in [5.74, 6) is 0. The Hall–Kier alpha value is -1.16. The Labute approximate surface area is 108 Å². The molecule has 86 valence electrons. The Morgan fingerprint density at radius 1 is 0.765 bits per heavy atom. The van der Waals surface area contributed by atoms with E-state index in [0.29, 0.717) is 0 Å². The molecular formula is C14H11BrO2. The molecule has 0 unspecified atom stereocenters. The van der Waals surface area contributed by atoms with Crippen molar-refractivity contribution in [3.05, 3.63) is 69.2 Å². The van der Waals surface area contributed by atoms with Crippen LogP contribution in [0.3, 0.4) is 0 Å². The third-order valence-electron chi connectivity index (χ3n) is 3.22. The van der Waals surface area contributed by atoms with Gasteiger partial charge in [-0.1, -0.05) is 46.3 Å². The van der Waals surface area contributed by atoms with E-state index in [2.05, 4.69) is 15.9 Å². The minimum atomic E-state index is -0.665. The first-order chi connectivity index (χ1) is 8.18. The van der Waals surface area contributed by atoms with Gasteiger partial charge in [0.1, 0.15) is 12.2 Å². The molecule has 0 saturated heterocycles. The number of hydrogen-bond donors (Lipinski definition) is 2. The highest BCUT2D eigenvalue weighted by molar-refractivity contribution is 9.10. The van der Waals surface area contributed by atoms with Crippen LogP contribution in [-0.4, -0.2) is 10.2 Å². The molecule has 2 nitrogen and oxygen atoms in total. The van der Waals surface area contributed by atoms with E-state index in [1.165, 1.54) is 0 Å². The van der Waals surface area contributed by atoms with Gasteiger partial charge in [0, 0.05) is 4.47 Å². The van der Waals surface area contributed by atoms with Gasteiger partial charge in [-0.15, -0.1) is 0 Å². The molecule has 0 amide bonds. The van der Waals surface area contributed by atoms with Crippen LogP contribution >= 0.6 is 15.9 Å². The summed E-state index contributed by atoms with van der Waals surface area (Å²) in [5.41, 5.74) is 3.12. The van der Waals surface area contributed by atoms with Crippen molar-refractivity contribution in [1.29, 1.82) is 0 Å². The number of rotatable bonds is 0. The summed E-state index contributed by atoms with van der Waals surface area (Å²) in [6.45, 7) is 0. The lowest BCUT2D eigenvalue weighted by molar-refractivity contribution is 0.173. The summed E-state index contributed by atoms with van der Waals surface area (Å²) in [4.78, 5) is 0. The van der Waals surface area contributed by atoms with E-state index in [1.807, 2.05) is 42.5 Å². The predicted molar refractivity (Wildman–Crippen MR) is 68.7 cm³/mol. The monoisotopic (exact) mass is 290 g/mol. The normalized spacial score (nSPS) is 21.8. The SMILES string of the molecule is O[C@H]1c2ccccc2[C@@H](O)c2cc(Br)ccc21. The first-order valence-electron chi connectivity index (χ1n) is 5.43. The van der Waals surface area contributed by atoms with Crippen molar-refractivity contribution in [2.24, 2.45) is 0 Å². The lowest BCUT2D eigenvalue weighted by Gasteiger charge is -2.28. The average molecular weight is 291 g/mol. The highest BCUT2D eigenvalue weighted by atomic mass is 79.9. The van der Waals surface area contributed by atoms with Gasteiger partial charge in [0.25, 0.3) is 0 Å². The van der Waals surface area contributed by atoms with Crippen LogP contribution in [-0.2, 0) is 0 Å². The molecule has 0 spiro atoms. The summed E-state index contributed by atoms with van der Waals surface area (Å²) in [6, 6.07) is 13.0. The van der Waals surface area contributed by atoms with Crippen LogP contribution in [0.1, 0.15) is 34.5 Å². The van der Waals surface area contributed by atoms with Crippen LogP contribution in [0.4, 0.5) is 0 Å². The highest BCUT2D eigenvalue weighted by Gasteiger charge is 2.29. The van der Waals surface area contributed by atoms with Gasteiger partial charge in [0.2, 0.25) is 0 Å². The maximum atomic E-state index is 10.3. The van der Waals surface area contributed by atoms with Crippen LogP contribution in [0.15, 0.2) is 46.9 Å². The number of fused-ring (bicyclic) bond motifs is 2. The standard InChI is InChI=1S/C14H11BrO2/c15-8-5-6-11-12(7-8)14(17)10-4-2-1-3-9(10)13(11)16/h1-7,13-14,16-17H/t13-,14+/m0/s1. The lowest BCUT2D eigenvalue weighted by atomic mass is 9.82. The van der Waals surface area contributed by atoms with Crippen molar-refractivity contribution >= 4 is 15.9 Å². The molecule has 1 aliphatic carbocycles. The van der Waals surface area contributed by atoms with Crippen molar-refractivity contribution in [3.8, 4) is 0 Å². The van der Waals surface area contributed by atoms with Gasteiger partial charge < -0.3 is 10.2 Å². The van der Waals surface area contributed by atoms with Gasteiger partial charge in [-0.3, -0.25) is 0 Å². The Morgan fingerprint density at radius 3 is 1.94 bits per heavy atom. The minimum Gasteiger partial charge on any atom is -0.384 e. The van der Waals surface area contributed by atoms with Crippen LogP contribution in [0.5, 0.6) is 0 Å². The fourth-order valence-corrected chi connectivity index (χ4v) is 2.75. The number of hydrogen-bond acceptors (Lipinski definition) is 2. The molecule has 0 aromatic heterocycles. The lowest BCUT2D eigenvalue weighted by Crippen LogP contribution is -2.17.